The molecule has 5 rings (SSSR count). The minimum absolute atomic E-state index is 0.0439. The van der Waals surface area contributed by atoms with Crippen LogP contribution in [0.5, 0.6) is 5.75 Å². The molecule has 10 heteroatoms. The molecular weight excluding hydrogens is 471 g/mol. The third-order valence-electron chi connectivity index (χ3n) is 6.06. The lowest BCUT2D eigenvalue weighted by molar-refractivity contribution is -0.144. The number of aryl methyl sites for hydroxylation is 2. The van der Waals surface area contributed by atoms with E-state index in [4.69, 9.17) is 0 Å². The first-order valence-corrected chi connectivity index (χ1v) is 11.0. The van der Waals surface area contributed by atoms with Crippen molar-refractivity contribution in [1.29, 1.82) is 0 Å². The Kier molecular flexibility index (Phi) is 5.39. The van der Waals surface area contributed by atoms with E-state index in [0.717, 1.165) is 23.5 Å². The molecule has 1 N–H and O–H groups in total. The van der Waals surface area contributed by atoms with E-state index in [9.17, 15) is 23.1 Å². The van der Waals surface area contributed by atoms with E-state index in [0.29, 0.717) is 28.3 Å². The highest BCUT2D eigenvalue weighted by molar-refractivity contribution is 5.86. The molecule has 2 aromatic carbocycles. The summed E-state index contributed by atoms with van der Waals surface area (Å²) in [5.41, 5.74) is 4.11. The lowest BCUT2D eigenvalue weighted by Crippen LogP contribution is -2.20. The second-order valence-electron chi connectivity index (χ2n) is 8.53. The number of benzene rings is 2. The topological polar surface area (TPSA) is 85.8 Å². The maximum atomic E-state index is 13.7. The SMILES string of the molecule is Cc1ccc(-n2c(-c3cnc(C(F)(F)F)nc3)cc3c(=O)n(-c4c(C)ccc(O)c4C)cnc32)cc1. The van der Waals surface area contributed by atoms with Crippen molar-refractivity contribution < 1.29 is 18.3 Å². The van der Waals surface area contributed by atoms with E-state index in [1.54, 1.807) is 29.7 Å². The predicted molar refractivity (Wildman–Crippen MR) is 129 cm³/mol. The molecule has 0 saturated carbocycles. The van der Waals surface area contributed by atoms with Crippen LogP contribution in [0.1, 0.15) is 22.5 Å². The van der Waals surface area contributed by atoms with Crippen LogP contribution in [0.25, 0.3) is 33.7 Å². The van der Waals surface area contributed by atoms with Crippen LogP contribution in [0.4, 0.5) is 13.2 Å². The van der Waals surface area contributed by atoms with Gasteiger partial charge in [-0.05, 0) is 50.6 Å². The number of halogens is 3. The van der Waals surface area contributed by atoms with Gasteiger partial charge in [-0.2, -0.15) is 13.2 Å². The number of phenolic OH excluding ortho intramolecular Hbond substituents is 1. The molecule has 0 amide bonds. The summed E-state index contributed by atoms with van der Waals surface area (Å²) in [7, 11) is 0. The zero-order valence-corrected chi connectivity index (χ0v) is 19.5. The van der Waals surface area contributed by atoms with Crippen molar-refractivity contribution in [1.82, 2.24) is 24.1 Å². The highest BCUT2D eigenvalue weighted by Crippen LogP contribution is 2.32. The molecule has 182 valence electrons. The minimum atomic E-state index is -4.67. The molecule has 3 aromatic heterocycles. The Balaban J connectivity index is 1.80. The Labute approximate surface area is 203 Å². The summed E-state index contributed by atoms with van der Waals surface area (Å²) < 4.78 is 42.1. The minimum Gasteiger partial charge on any atom is -0.508 e. The van der Waals surface area contributed by atoms with Crippen molar-refractivity contribution in [2.24, 2.45) is 0 Å². The number of aromatic nitrogens is 5. The van der Waals surface area contributed by atoms with Crippen LogP contribution in [-0.4, -0.2) is 29.2 Å². The summed E-state index contributed by atoms with van der Waals surface area (Å²) >= 11 is 0. The third kappa shape index (κ3) is 3.80. The lowest BCUT2D eigenvalue weighted by atomic mass is 10.1. The monoisotopic (exact) mass is 491 g/mol. The Hall–Kier alpha value is -4.47. The zero-order valence-electron chi connectivity index (χ0n) is 19.5. The first kappa shape index (κ1) is 23.3. The van der Waals surface area contributed by atoms with Crippen LogP contribution in [0, 0.1) is 20.8 Å². The molecule has 36 heavy (non-hydrogen) atoms. The van der Waals surface area contributed by atoms with Crippen molar-refractivity contribution in [2.75, 3.05) is 0 Å². The van der Waals surface area contributed by atoms with Crippen LogP contribution in [0.2, 0.25) is 0 Å². The van der Waals surface area contributed by atoms with Gasteiger partial charge in [-0.15, -0.1) is 0 Å². The van der Waals surface area contributed by atoms with Crippen LogP contribution in [0.15, 0.2) is 66.0 Å². The molecule has 5 aromatic rings. The molecule has 0 aliphatic carbocycles. The summed E-state index contributed by atoms with van der Waals surface area (Å²) in [6.07, 6.45) is -1.13. The fraction of sp³-hybridized carbons (Fsp3) is 0.154. The quantitative estimate of drug-likeness (QED) is 0.371. The van der Waals surface area contributed by atoms with E-state index in [1.807, 2.05) is 38.1 Å². The van der Waals surface area contributed by atoms with Crippen molar-refractivity contribution in [2.45, 2.75) is 26.9 Å². The summed E-state index contributed by atoms with van der Waals surface area (Å²) in [4.78, 5) is 25.2. The van der Waals surface area contributed by atoms with Gasteiger partial charge in [0, 0.05) is 29.2 Å². The van der Waals surface area contributed by atoms with E-state index in [2.05, 4.69) is 15.0 Å². The molecule has 0 saturated heterocycles. The number of hydrogen-bond acceptors (Lipinski definition) is 5. The number of fused-ring (bicyclic) bond motifs is 1. The molecule has 0 aliphatic rings. The van der Waals surface area contributed by atoms with Gasteiger partial charge in [-0.25, -0.2) is 15.0 Å². The predicted octanol–water partition coefficient (Wildman–Crippen LogP) is 5.28. The fourth-order valence-corrected chi connectivity index (χ4v) is 4.21. The van der Waals surface area contributed by atoms with Gasteiger partial charge in [0.2, 0.25) is 5.82 Å². The van der Waals surface area contributed by atoms with Gasteiger partial charge < -0.3 is 5.11 Å². The molecule has 0 radical (unpaired) electrons. The van der Waals surface area contributed by atoms with Gasteiger partial charge in [0.25, 0.3) is 5.56 Å². The largest absolute Gasteiger partial charge is 0.508 e. The number of aromatic hydroxyl groups is 1. The van der Waals surface area contributed by atoms with Crippen molar-refractivity contribution in [3.8, 4) is 28.4 Å². The smallest absolute Gasteiger partial charge is 0.451 e. The van der Waals surface area contributed by atoms with Gasteiger partial charge in [0.15, 0.2) is 5.65 Å². The molecular formula is C26H20F3N5O2. The normalized spacial score (nSPS) is 11.8. The Bertz CT molecular complexity index is 1670. The van der Waals surface area contributed by atoms with E-state index < -0.39 is 17.6 Å². The number of rotatable bonds is 3. The van der Waals surface area contributed by atoms with Crippen LogP contribution in [-0.2, 0) is 6.18 Å². The van der Waals surface area contributed by atoms with Crippen molar-refractivity contribution in [3.63, 3.8) is 0 Å². The van der Waals surface area contributed by atoms with Gasteiger partial charge >= 0.3 is 6.18 Å². The standard InChI is InChI=1S/C26H20F3N5O2/c1-14-4-7-18(8-5-14)34-20(17-11-30-25(31-12-17)26(27,28)29)10-19-23(34)32-13-33(24(19)36)22-15(2)6-9-21(35)16(22)3/h4-13,35H,1-3H3. The van der Waals surface area contributed by atoms with Gasteiger partial charge in [0.05, 0.1) is 16.8 Å². The van der Waals surface area contributed by atoms with E-state index >= 15 is 0 Å². The highest BCUT2D eigenvalue weighted by Gasteiger charge is 2.34. The molecule has 0 aliphatic heterocycles. The third-order valence-corrected chi connectivity index (χ3v) is 6.06. The van der Waals surface area contributed by atoms with Crippen LogP contribution < -0.4 is 5.56 Å². The maximum Gasteiger partial charge on any atom is 0.451 e. The Morgan fingerprint density at radius 2 is 1.58 bits per heavy atom. The van der Waals surface area contributed by atoms with Crippen molar-refractivity contribution >= 4 is 11.0 Å². The molecule has 0 fully saturated rings. The van der Waals surface area contributed by atoms with Gasteiger partial charge in [-0.3, -0.25) is 13.9 Å². The molecule has 3 heterocycles. The Morgan fingerprint density at radius 1 is 0.917 bits per heavy atom. The molecule has 0 unspecified atom stereocenters. The van der Waals surface area contributed by atoms with Gasteiger partial charge in [0.1, 0.15) is 12.1 Å². The summed E-state index contributed by atoms with van der Waals surface area (Å²) in [6.45, 7) is 5.45. The molecule has 7 nitrogen and oxygen atoms in total. The summed E-state index contributed by atoms with van der Waals surface area (Å²) in [5, 5.41) is 10.4. The zero-order chi connectivity index (χ0) is 25.8. The average molecular weight is 491 g/mol. The molecule has 0 bridgehead atoms. The second-order valence-corrected chi connectivity index (χ2v) is 8.53. The molecule has 0 spiro atoms. The first-order chi connectivity index (χ1) is 17.1. The number of phenols is 1. The van der Waals surface area contributed by atoms with Crippen LogP contribution in [0.3, 0.4) is 0 Å². The number of alkyl halides is 3. The first-order valence-electron chi connectivity index (χ1n) is 11.0. The van der Waals surface area contributed by atoms with Gasteiger partial charge in [-0.1, -0.05) is 23.8 Å². The fourth-order valence-electron chi connectivity index (χ4n) is 4.21. The second kappa shape index (κ2) is 8.33. The average Bonchev–Trinajstić information content (AvgIpc) is 3.23. The Morgan fingerprint density at radius 3 is 2.22 bits per heavy atom. The summed E-state index contributed by atoms with van der Waals surface area (Å²) in [6, 6.07) is 12.3. The maximum absolute atomic E-state index is 13.7. The lowest BCUT2D eigenvalue weighted by Gasteiger charge is -2.14. The highest BCUT2D eigenvalue weighted by atomic mass is 19.4. The summed E-state index contributed by atoms with van der Waals surface area (Å²) in [5.74, 6) is -1.21. The van der Waals surface area contributed by atoms with Crippen LogP contribution >= 0.6 is 0 Å². The van der Waals surface area contributed by atoms with E-state index in [1.165, 1.54) is 10.9 Å². The van der Waals surface area contributed by atoms with Crippen molar-refractivity contribution in [3.05, 3.63) is 94.1 Å². The number of hydrogen-bond donors (Lipinski definition) is 1. The molecule has 0 atom stereocenters. The number of nitrogens with zero attached hydrogens (tertiary/aromatic N) is 5. The van der Waals surface area contributed by atoms with E-state index in [-0.39, 0.29) is 16.7 Å².